The quantitative estimate of drug-likeness (QED) is 0.202. The van der Waals surface area contributed by atoms with E-state index in [4.69, 9.17) is 0 Å². The van der Waals surface area contributed by atoms with Crippen molar-refractivity contribution < 1.29 is 18.0 Å². The second kappa shape index (κ2) is 10.1. The molecular formula is C30H22F3N3O. The van der Waals surface area contributed by atoms with Crippen LogP contribution in [0.4, 0.5) is 13.2 Å². The number of benzene rings is 4. The Balaban J connectivity index is 1.51. The lowest BCUT2D eigenvalue weighted by molar-refractivity contribution is -0.137. The van der Waals surface area contributed by atoms with Crippen LogP contribution < -0.4 is 5.43 Å². The van der Waals surface area contributed by atoms with Crippen molar-refractivity contribution in [1.29, 1.82) is 0 Å². The van der Waals surface area contributed by atoms with E-state index in [2.05, 4.69) is 10.5 Å². The van der Waals surface area contributed by atoms with Gasteiger partial charge in [0.25, 0.3) is 5.91 Å². The fraction of sp³-hybridized carbons (Fsp3) is 0.0667. The molecule has 1 heterocycles. The summed E-state index contributed by atoms with van der Waals surface area (Å²) in [5.74, 6) is -0.424. The summed E-state index contributed by atoms with van der Waals surface area (Å²) in [5.41, 5.74) is 5.72. The number of hydrogen-bond acceptors (Lipinski definition) is 2. The Bertz CT molecular complexity index is 1560. The maximum absolute atomic E-state index is 13.4. The first-order valence-electron chi connectivity index (χ1n) is 11.6. The molecule has 5 aromatic rings. The van der Waals surface area contributed by atoms with Crippen molar-refractivity contribution >= 4 is 22.5 Å². The molecule has 0 saturated heterocycles. The highest BCUT2D eigenvalue weighted by Crippen LogP contribution is 2.29. The number of nitrogens with one attached hydrogen (secondary N) is 1. The number of amides is 1. The van der Waals surface area contributed by atoms with Crippen LogP contribution in [0, 0.1) is 0 Å². The van der Waals surface area contributed by atoms with Crippen molar-refractivity contribution in [3.8, 4) is 0 Å². The van der Waals surface area contributed by atoms with Gasteiger partial charge in [0.05, 0.1) is 11.3 Å². The Hall–Kier alpha value is -4.65. The molecule has 0 aliphatic heterocycles. The van der Waals surface area contributed by atoms with Gasteiger partial charge in [-0.2, -0.15) is 18.3 Å². The van der Waals surface area contributed by atoms with E-state index in [9.17, 15) is 18.0 Å². The predicted octanol–water partition coefficient (Wildman–Crippen LogP) is 6.89. The molecular weight excluding hydrogens is 475 g/mol. The summed E-state index contributed by atoms with van der Waals surface area (Å²) in [4.78, 5) is 13.4. The van der Waals surface area contributed by atoms with Crippen molar-refractivity contribution in [3.05, 3.63) is 143 Å². The minimum Gasteiger partial charge on any atom is -0.332 e. The van der Waals surface area contributed by atoms with Crippen LogP contribution in [-0.2, 0) is 12.7 Å². The monoisotopic (exact) mass is 497 g/mol. The van der Waals surface area contributed by atoms with Gasteiger partial charge in [-0.1, -0.05) is 91.0 Å². The number of para-hydroxylation sites is 1. The van der Waals surface area contributed by atoms with E-state index in [1.165, 1.54) is 12.1 Å². The molecule has 0 aliphatic carbocycles. The summed E-state index contributed by atoms with van der Waals surface area (Å²) in [6.45, 7) is 0.491. The molecule has 1 N–H and O–H groups in total. The number of carbonyl (C=O) groups is 1. The minimum absolute atomic E-state index is 0.355. The first-order valence-corrected chi connectivity index (χ1v) is 11.6. The van der Waals surface area contributed by atoms with Crippen LogP contribution >= 0.6 is 0 Å². The van der Waals surface area contributed by atoms with Gasteiger partial charge in [0, 0.05) is 28.6 Å². The van der Waals surface area contributed by atoms with Crippen molar-refractivity contribution in [2.24, 2.45) is 5.10 Å². The number of rotatable bonds is 6. The van der Waals surface area contributed by atoms with Crippen LogP contribution in [0.2, 0.25) is 0 Å². The van der Waals surface area contributed by atoms with Gasteiger partial charge in [0.15, 0.2) is 0 Å². The lowest BCUT2D eigenvalue weighted by Gasteiger charge is -2.12. The van der Waals surface area contributed by atoms with E-state index >= 15 is 0 Å². The average molecular weight is 498 g/mol. The minimum atomic E-state index is -4.44. The third kappa shape index (κ3) is 5.30. The zero-order valence-electron chi connectivity index (χ0n) is 19.6. The van der Waals surface area contributed by atoms with Crippen LogP contribution in [0.15, 0.2) is 120 Å². The zero-order valence-corrected chi connectivity index (χ0v) is 19.6. The zero-order chi connectivity index (χ0) is 25.8. The third-order valence-corrected chi connectivity index (χ3v) is 6.03. The first-order chi connectivity index (χ1) is 17.9. The summed E-state index contributed by atoms with van der Waals surface area (Å²) >= 11 is 0. The standard InChI is InChI=1S/C30H22F3N3O/c31-30(32,33)25-17-15-23(16-18-25)28(22-11-5-2-6-12-22)34-35-29(37)27-19-24-13-7-8-14-26(24)36(27)20-21-9-3-1-4-10-21/h1-19H,20H2,(H,35,37)/b34-28+. The number of alkyl halides is 3. The number of hydrazone groups is 1. The van der Waals surface area contributed by atoms with Crippen molar-refractivity contribution in [1.82, 2.24) is 9.99 Å². The molecule has 5 rings (SSSR count). The molecule has 4 nitrogen and oxygen atoms in total. The predicted molar refractivity (Wildman–Crippen MR) is 138 cm³/mol. The summed E-state index contributed by atoms with van der Waals surface area (Å²) in [5, 5.41) is 5.29. The Labute approximate surface area is 211 Å². The third-order valence-electron chi connectivity index (χ3n) is 6.03. The van der Waals surface area contributed by atoms with Crippen LogP contribution in [0.1, 0.15) is 32.7 Å². The molecule has 0 unspecified atom stereocenters. The van der Waals surface area contributed by atoms with Gasteiger partial charge in [-0.15, -0.1) is 0 Å². The van der Waals surface area contributed by atoms with E-state index in [0.29, 0.717) is 29.1 Å². The number of hydrogen-bond donors (Lipinski definition) is 1. The summed E-state index contributed by atoms with van der Waals surface area (Å²) in [7, 11) is 0. The lowest BCUT2D eigenvalue weighted by atomic mass is 10.0. The molecule has 0 spiro atoms. The van der Waals surface area contributed by atoms with Crippen molar-refractivity contribution in [3.63, 3.8) is 0 Å². The van der Waals surface area contributed by atoms with Gasteiger partial charge in [0.1, 0.15) is 5.69 Å². The van der Waals surface area contributed by atoms with E-state index in [0.717, 1.165) is 28.6 Å². The van der Waals surface area contributed by atoms with Crippen LogP contribution in [-0.4, -0.2) is 16.2 Å². The van der Waals surface area contributed by atoms with E-state index in [1.54, 1.807) is 24.3 Å². The molecule has 0 fully saturated rings. The maximum Gasteiger partial charge on any atom is 0.416 e. The van der Waals surface area contributed by atoms with Crippen molar-refractivity contribution in [2.45, 2.75) is 12.7 Å². The molecule has 7 heteroatoms. The molecule has 4 aromatic carbocycles. The van der Waals surface area contributed by atoms with Crippen LogP contribution in [0.25, 0.3) is 10.9 Å². The average Bonchev–Trinajstić information content (AvgIpc) is 3.28. The van der Waals surface area contributed by atoms with Crippen LogP contribution in [0.3, 0.4) is 0 Å². The van der Waals surface area contributed by atoms with E-state index < -0.39 is 17.6 Å². The largest absolute Gasteiger partial charge is 0.416 e. The van der Waals surface area contributed by atoms with Crippen molar-refractivity contribution in [2.75, 3.05) is 0 Å². The van der Waals surface area contributed by atoms with Gasteiger partial charge in [0.2, 0.25) is 0 Å². The smallest absolute Gasteiger partial charge is 0.332 e. The topological polar surface area (TPSA) is 46.4 Å². The number of nitrogens with zero attached hydrogens (tertiary/aromatic N) is 2. The number of aromatic nitrogens is 1. The Morgan fingerprint density at radius 3 is 2.03 bits per heavy atom. The highest BCUT2D eigenvalue weighted by atomic mass is 19.4. The maximum atomic E-state index is 13.4. The molecule has 1 amide bonds. The summed E-state index contributed by atoms with van der Waals surface area (Å²) in [6.07, 6.45) is -4.44. The van der Waals surface area contributed by atoms with Gasteiger partial charge in [-0.05, 0) is 29.8 Å². The SMILES string of the molecule is O=C(N/N=C(\c1ccccc1)c1ccc(C(F)(F)F)cc1)c1cc2ccccc2n1Cc1ccccc1. The molecule has 0 atom stereocenters. The Morgan fingerprint density at radius 2 is 1.35 bits per heavy atom. The first kappa shape index (κ1) is 24.1. The second-order valence-corrected chi connectivity index (χ2v) is 8.50. The van der Waals surface area contributed by atoms with Gasteiger partial charge in [-0.25, -0.2) is 5.43 Å². The molecule has 37 heavy (non-hydrogen) atoms. The molecule has 184 valence electrons. The Morgan fingerprint density at radius 1 is 0.757 bits per heavy atom. The van der Waals surface area contributed by atoms with Crippen LogP contribution in [0.5, 0.6) is 0 Å². The highest BCUT2D eigenvalue weighted by molar-refractivity contribution is 6.13. The molecule has 0 radical (unpaired) electrons. The highest BCUT2D eigenvalue weighted by Gasteiger charge is 2.30. The van der Waals surface area contributed by atoms with E-state index in [1.807, 2.05) is 71.3 Å². The molecule has 1 aromatic heterocycles. The molecule has 0 saturated carbocycles. The summed E-state index contributed by atoms with van der Waals surface area (Å²) < 4.78 is 41.2. The van der Waals surface area contributed by atoms with Gasteiger partial charge in [-0.3, -0.25) is 4.79 Å². The lowest BCUT2D eigenvalue weighted by Crippen LogP contribution is -2.23. The number of fused-ring (bicyclic) bond motifs is 1. The second-order valence-electron chi connectivity index (χ2n) is 8.50. The number of carbonyl (C=O) groups excluding carboxylic acids is 1. The van der Waals surface area contributed by atoms with Gasteiger partial charge >= 0.3 is 6.18 Å². The fourth-order valence-corrected chi connectivity index (χ4v) is 4.21. The molecule has 0 bridgehead atoms. The number of halogens is 3. The normalized spacial score (nSPS) is 12.0. The van der Waals surface area contributed by atoms with E-state index in [-0.39, 0.29) is 0 Å². The van der Waals surface area contributed by atoms with Gasteiger partial charge < -0.3 is 4.57 Å². The Kier molecular flexibility index (Phi) is 6.60. The summed E-state index contributed by atoms with van der Waals surface area (Å²) in [6, 6.07) is 33.1. The molecule has 0 aliphatic rings. The fourth-order valence-electron chi connectivity index (χ4n) is 4.21.